The molecule has 4 aromatic rings. The van der Waals surface area contributed by atoms with Gasteiger partial charge in [-0.25, -0.2) is 0 Å². The molecule has 4 aromatic carbocycles. The highest BCUT2D eigenvalue weighted by Crippen LogP contribution is 2.42. The minimum Gasteiger partial charge on any atom is -0.497 e. The van der Waals surface area contributed by atoms with Crippen molar-refractivity contribution in [2.75, 3.05) is 7.11 Å². The fourth-order valence-electron chi connectivity index (χ4n) is 4.92. The maximum Gasteiger partial charge on any atom is 0.308 e. The predicted molar refractivity (Wildman–Crippen MR) is 155 cm³/mol. The second-order valence-electron chi connectivity index (χ2n) is 10.2. The zero-order valence-electron chi connectivity index (χ0n) is 23.0. The van der Waals surface area contributed by atoms with Crippen molar-refractivity contribution in [3.05, 3.63) is 143 Å². The van der Waals surface area contributed by atoms with Gasteiger partial charge in [0.2, 0.25) is 0 Å². The highest BCUT2D eigenvalue weighted by molar-refractivity contribution is 5.39. The van der Waals surface area contributed by atoms with E-state index in [4.69, 9.17) is 18.9 Å². The minimum absolute atomic E-state index is 0.0483. The van der Waals surface area contributed by atoms with Gasteiger partial charge in [-0.05, 0) is 40.5 Å². The molecule has 0 N–H and O–H groups in total. The van der Waals surface area contributed by atoms with Crippen molar-refractivity contribution in [1.82, 2.24) is 0 Å². The average Bonchev–Trinajstić information content (AvgIpc) is 3.00. The molecule has 1 saturated carbocycles. The molecule has 1 aliphatic rings. The van der Waals surface area contributed by atoms with E-state index < -0.39 is 18.1 Å². The quantitative estimate of drug-likeness (QED) is 0.175. The van der Waals surface area contributed by atoms with E-state index in [1.165, 1.54) is 6.26 Å². The zero-order chi connectivity index (χ0) is 28.5. The molecule has 0 radical (unpaired) electrons. The Kier molecular flexibility index (Phi) is 9.32. The van der Waals surface area contributed by atoms with Crippen LogP contribution in [0.5, 0.6) is 11.5 Å². The molecule has 0 amide bonds. The molecule has 0 aromatic heterocycles. The summed E-state index contributed by atoms with van der Waals surface area (Å²) < 4.78 is 55.2. The Morgan fingerprint density at radius 2 is 1.39 bits per heavy atom. The van der Waals surface area contributed by atoms with Crippen LogP contribution in [-0.4, -0.2) is 25.2 Å². The first kappa shape index (κ1) is 28.4. The molecule has 1 aliphatic carbocycles. The van der Waals surface area contributed by atoms with Crippen molar-refractivity contribution < 1.29 is 27.7 Å². The number of benzene rings is 4. The number of hydrogen-bond donors (Lipinski definition) is 0. The highest BCUT2D eigenvalue weighted by atomic mass is 19.3. The van der Waals surface area contributed by atoms with Gasteiger partial charge in [-0.15, -0.1) is 0 Å². The summed E-state index contributed by atoms with van der Waals surface area (Å²) in [7, 11) is 1.62. The van der Waals surface area contributed by atoms with Crippen LogP contribution in [0.2, 0.25) is 0 Å². The molecule has 2 unspecified atom stereocenters. The first-order valence-corrected chi connectivity index (χ1v) is 13.8. The number of ether oxygens (including phenoxy) is 4. The fraction of sp³-hybridized carbons (Fsp3) is 0.257. The van der Waals surface area contributed by atoms with E-state index in [9.17, 15) is 0 Å². The van der Waals surface area contributed by atoms with Crippen LogP contribution < -0.4 is 9.47 Å². The molecule has 6 heteroatoms. The number of hydrogen-bond acceptors (Lipinski definition) is 4. The SMILES string of the molecule is COc1ccc(Cc2ccccc2OC2CC(OCc3ccccc3)C/C(=C\OCc3ccccc3)C2(F)F)cc1. The summed E-state index contributed by atoms with van der Waals surface area (Å²) in [6.07, 6.45) is -0.0324. The Balaban J connectivity index is 1.36. The topological polar surface area (TPSA) is 36.9 Å². The van der Waals surface area contributed by atoms with Gasteiger partial charge in [0.25, 0.3) is 0 Å². The van der Waals surface area contributed by atoms with Gasteiger partial charge < -0.3 is 18.9 Å². The van der Waals surface area contributed by atoms with E-state index in [1.807, 2.05) is 97.1 Å². The van der Waals surface area contributed by atoms with Crippen LogP contribution in [0.1, 0.15) is 35.1 Å². The molecular weight excluding hydrogens is 522 g/mol. The van der Waals surface area contributed by atoms with Gasteiger partial charge in [-0.3, -0.25) is 0 Å². The van der Waals surface area contributed by atoms with Crippen LogP contribution in [0.3, 0.4) is 0 Å². The van der Waals surface area contributed by atoms with Crippen molar-refractivity contribution in [3.63, 3.8) is 0 Å². The summed E-state index contributed by atoms with van der Waals surface area (Å²) in [4.78, 5) is 0. The second kappa shape index (κ2) is 13.5. The van der Waals surface area contributed by atoms with Crippen LogP contribution in [0.4, 0.5) is 8.78 Å². The zero-order valence-corrected chi connectivity index (χ0v) is 23.0. The van der Waals surface area contributed by atoms with Gasteiger partial charge in [-0.2, -0.15) is 8.78 Å². The standard InChI is InChI=1S/C35H34F2O4/c1-38-31-18-16-26(17-19-31)20-29-14-8-9-15-33(29)41-34-22-32(40-24-28-12-6-3-7-13-28)21-30(35(34,36)37)25-39-23-27-10-4-2-5-11-27/h2-19,25,32,34H,20-24H2,1H3/b30-25+. The smallest absolute Gasteiger partial charge is 0.308 e. The normalized spacial score (nSPS) is 19.0. The summed E-state index contributed by atoms with van der Waals surface area (Å²) in [5, 5.41) is 0. The van der Waals surface area contributed by atoms with Crippen molar-refractivity contribution in [2.45, 2.75) is 50.6 Å². The Morgan fingerprint density at radius 3 is 2.07 bits per heavy atom. The molecule has 2 atom stereocenters. The molecule has 4 nitrogen and oxygen atoms in total. The van der Waals surface area contributed by atoms with E-state index in [0.29, 0.717) is 18.8 Å². The molecule has 1 fully saturated rings. The summed E-state index contributed by atoms with van der Waals surface area (Å²) in [5.41, 5.74) is 3.61. The number of rotatable bonds is 11. The van der Waals surface area contributed by atoms with E-state index in [0.717, 1.165) is 28.0 Å². The van der Waals surface area contributed by atoms with Crippen LogP contribution in [0.25, 0.3) is 0 Å². The third kappa shape index (κ3) is 7.53. The molecule has 5 rings (SSSR count). The van der Waals surface area contributed by atoms with E-state index in [2.05, 4.69) is 0 Å². The maximum atomic E-state index is 16.0. The lowest BCUT2D eigenvalue weighted by Crippen LogP contribution is -2.47. The first-order chi connectivity index (χ1) is 20.0. The summed E-state index contributed by atoms with van der Waals surface area (Å²) in [5.74, 6) is -2.05. The van der Waals surface area contributed by atoms with Gasteiger partial charge in [-0.1, -0.05) is 91.0 Å². The van der Waals surface area contributed by atoms with Crippen molar-refractivity contribution in [3.8, 4) is 11.5 Å². The van der Waals surface area contributed by atoms with Gasteiger partial charge in [0.1, 0.15) is 18.1 Å². The van der Waals surface area contributed by atoms with Crippen molar-refractivity contribution in [2.24, 2.45) is 0 Å². The first-order valence-electron chi connectivity index (χ1n) is 13.8. The molecule has 0 heterocycles. The lowest BCUT2D eigenvalue weighted by molar-refractivity contribution is -0.120. The molecule has 0 saturated heterocycles. The monoisotopic (exact) mass is 556 g/mol. The Hall–Kier alpha value is -4.16. The Labute approximate surface area is 240 Å². The third-order valence-corrected chi connectivity index (χ3v) is 7.20. The van der Waals surface area contributed by atoms with Gasteiger partial charge >= 0.3 is 5.92 Å². The minimum atomic E-state index is -3.24. The predicted octanol–water partition coefficient (Wildman–Crippen LogP) is 8.15. The fourth-order valence-corrected chi connectivity index (χ4v) is 4.92. The Bertz CT molecular complexity index is 1410. The second-order valence-corrected chi connectivity index (χ2v) is 10.2. The maximum absolute atomic E-state index is 16.0. The summed E-state index contributed by atoms with van der Waals surface area (Å²) in [6, 6.07) is 34.2. The number of alkyl halides is 2. The van der Waals surface area contributed by atoms with Crippen LogP contribution in [-0.2, 0) is 29.1 Å². The van der Waals surface area contributed by atoms with Crippen LogP contribution in [0.15, 0.2) is 121 Å². The highest BCUT2D eigenvalue weighted by Gasteiger charge is 2.51. The molecule has 0 bridgehead atoms. The largest absolute Gasteiger partial charge is 0.497 e. The number of methoxy groups -OCH3 is 1. The van der Waals surface area contributed by atoms with Gasteiger partial charge in [0, 0.05) is 24.8 Å². The number of halogens is 2. The number of para-hydroxylation sites is 1. The Morgan fingerprint density at radius 1 is 0.756 bits per heavy atom. The van der Waals surface area contributed by atoms with E-state index >= 15 is 8.78 Å². The van der Waals surface area contributed by atoms with E-state index in [1.54, 1.807) is 19.2 Å². The summed E-state index contributed by atoms with van der Waals surface area (Å²) in [6.45, 7) is 0.530. The molecule has 0 spiro atoms. The van der Waals surface area contributed by atoms with Crippen molar-refractivity contribution in [1.29, 1.82) is 0 Å². The van der Waals surface area contributed by atoms with Gasteiger partial charge in [0.15, 0.2) is 6.10 Å². The van der Waals surface area contributed by atoms with Gasteiger partial charge in [0.05, 0.1) is 26.1 Å². The molecular formula is C35H34F2O4. The molecule has 41 heavy (non-hydrogen) atoms. The lowest BCUT2D eigenvalue weighted by atomic mass is 9.87. The third-order valence-electron chi connectivity index (χ3n) is 7.20. The van der Waals surface area contributed by atoms with Crippen molar-refractivity contribution >= 4 is 0 Å². The molecule has 212 valence electrons. The lowest BCUT2D eigenvalue weighted by Gasteiger charge is -2.37. The van der Waals surface area contributed by atoms with E-state index in [-0.39, 0.29) is 25.0 Å². The van der Waals surface area contributed by atoms with Crippen LogP contribution in [0, 0.1) is 0 Å². The summed E-state index contributed by atoms with van der Waals surface area (Å²) >= 11 is 0. The average molecular weight is 557 g/mol. The van der Waals surface area contributed by atoms with Crippen LogP contribution >= 0.6 is 0 Å². The molecule has 0 aliphatic heterocycles.